The SMILES string of the molecule is COc1ccc([C@H]([NH3+])CC(=O)[O-])c2ccccc12. The van der Waals surface area contributed by atoms with Gasteiger partial charge in [-0.15, -0.1) is 0 Å². The van der Waals surface area contributed by atoms with E-state index in [-0.39, 0.29) is 12.5 Å². The molecular weight excluding hydrogens is 230 g/mol. The summed E-state index contributed by atoms with van der Waals surface area (Å²) in [6.45, 7) is 0. The van der Waals surface area contributed by atoms with Gasteiger partial charge in [0.05, 0.1) is 7.11 Å². The first-order valence-electron chi connectivity index (χ1n) is 5.72. The summed E-state index contributed by atoms with van der Waals surface area (Å²) in [6.07, 6.45) is -0.0870. The van der Waals surface area contributed by atoms with Crippen molar-refractivity contribution in [2.24, 2.45) is 0 Å². The molecule has 2 rings (SSSR count). The van der Waals surface area contributed by atoms with Crippen molar-refractivity contribution in [2.45, 2.75) is 12.5 Å². The van der Waals surface area contributed by atoms with E-state index in [1.165, 1.54) is 0 Å². The number of carboxylic acids is 1. The third-order valence-corrected chi connectivity index (χ3v) is 2.99. The van der Waals surface area contributed by atoms with Crippen LogP contribution in [0.25, 0.3) is 10.8 Å². The first-order valence-corrected chi connectivity index (χ1v) is 5.72. The molecule has 0 aliphatic carbocycles. The van der Waals surface area contributed by atoms with E-state index in [4.69, 9.17) is 4.74 Å². The van der Waals surface area contributed by atoms with Crippen LogP contribution in [0, 0.1) is 0 Å². The van der Waals surface area contributed by atoms with E-state index in [9.17, 15) is 9.90 Å². The lowest BCUT2D eigenvalue weighted by Crippen LogP contribution is -2.55. The Bertz CT molecular complexity index is 580. The Morgan fingerprint density at radius 2 is 1.94 bits per heavy atom. The van der Waals surface area contributed by atoms with Crippen LogP contribution in [0.5, 0.6) is 5.75 Å². The lowest BCUT2D eigenvalue weighted by atomic mass is 9.97. The molecule has 0 aliphatic heterocycles. The number of hydrogen-bond donors (Lipinski definition) is 1. The van der Waals surface area contributed by atoms with Crippen LogP contribution in [-0.2, 0) is 4.79 Å². The van der Waals surface area contributed by atoms with Gasteiger partial charge in [-0.05, 0) is 17.5 Å². The normalized spacial score (nSPS) is 12.3. The highest BCUT2D eigenvalue weighted by Crippen LogP contribution is 2.30. The number of carbonyl (C=O) groups excluding carboxylic acids is 1. The van der Waals surface area contributed by atoms with Gasteiger partial charge in [-0.2, -0.15) is 0 Å². The summed E-state index contributed by atoms with van der Waals surface area (Å²) in [5, 5.41) is 12.6. The second kappa shape index (κ2) is 5.06. The molecule has 0 saturated heterocycles. The molecule has 94 valence electrons. The maximum absolute atomic E-state index is 10.7. The van der Waals surface area contributed by atoms with Crippen LogP contribution in [0.15, 0.2) is 36.4 Å². The highest BCUT2D eigenvalue weighted by molar-refractivity contribution is 5.91. The molecule has 0 saturated carbocycles. The maximum Gasteiger partial charge on any atom is 0.126 e. The van der Waals surface area contributed by atoms with Crippen LogP contribution in [0.1, 0.15) is 18.0 Å². The Hall–Kier alpha value is -2.07. The van der Waals surface area contributed by atoms with Crippen molar-refractivity contribution in [2.75, 3.05) is 7.11 Å². The van der Waals surface area contributed by atoms with Gasteiger partial charge in [0, 0.05) is 23.3 Å². The third kappa shape index (κ3) is 2.28. The van der Waals surface area contributed by atoms with Crippen LogP contribution < -0.4 is 15.6 Å². The summed E-state index contributed by atoms with van der Waals surface area (Å²) in [7, 11) is 1.62. The Morgan fingerprint density at radius 3 is 2.56 bits per heavy atom. The quantitative estimate of drug-likeness (QED) is 0.840. The smallest absolute Gasteiger partial charge is 0.126 e. The van der Waals surface area contributed by atoms with E-state index in [1.807, 2.05) is 36.4 Å². The van der Waals surface area contributed by atoms with E-state index in [2.05, 4.69) is 5.73 Å². The standard InChI is InChI=1S/C14H15NO3/c1-18-13-7-6-10(12(15)8-14(16)17)9-4-2-3-5-11(9)13/h2-7,12H,8,15H2,1H3,(H,16,17)/t12-/m1/s1. The van der Waals surface area contributed by atoms with E-state index in [1.54, 1.807) is 7.11 Å². The molecular formula is C14H15NO3. The summed E-state index contributed by atoms with van der Waals surface area (Å²) < 4.78 is 5.29. The minimum Gasteiger partial charge on any atom is -0.550 e. The van der Waals surface area contributed by atoms with Gasteiger partial charge in [0.15, 0.2) is 0 Å². The minimum absolute atomic E-state index is 0.0870. The summed E-state index contributed by atoms with van der Waals surface area (Å²) in [6, 6.07) is 11.1. The van der Waals surface area contributed by atoms with Gasteiger partial charge in [0.2, 0.25) is 0 Å². The third-order valence-electron chi connectivity index (χ3n) is 2.99. The van der Waals surface area contributed by atoms with Gasteiger partial charge in [-0.3, -0.25) is 0 Å². The van der Waals surface area contributed by atoms with Gasteiger partial charge in [-0.1, -0.05) is 24.3 Å². The number of hydrogen-bond acceptors (Lipinski definition) is 3. The summed E-state index contributed by atoms with van der Waals surface area (Å²) in [5.41, 5.74) is 4.79. The summed E-state index contributed by atoms with van der Waals surface area (Å²) in [4.78, 5) is 10.7. The number of benzene rings is 2. The molecule has 18 heavy (non-hydrogen) atoms. The topological polar surface area (TPSA) is 77.0 Å². The molecule has 0 unspecified atom stereocenters. The van der Waals surface area contributed by atoms with Crippen molar-refractivity contribution in [3.05, 3.63) is 42.0 Å². The lowest BCUT2D eigenvalue weighted by molar-refractivity contribution is -0.430. The number of fused-ring (bicyclic) bond motifs is 1. The first-order chi connectivity index (χ1) is 8.63. The Morgan fingerprint density at radius 1 is 1.28 bits per heavy atom. The molecule has 0 aliphatic rings. The molecule has 3 N–H and O–H groups in total. The van der Waals surface area contributed by atoms with Crippen molar-refractivity contribution in [3.8, 4) is 5.75 Å². The molecule has 1 atom stereocenters. The fourth-order valence-electron chi connectivity index (χ4n) is 2.14. The highest BCUT2D eigenvalue weighted by atomic mass is 16.5. The Labute approximate surface area is 105 Å². The molecule has 0 aromatic heterocycles. The van der Waals surface area contributed by atoms with Gasteiger partial charge in [0.1, 0.15) is 11.8 Å². The largest absolute Gasteiger partial charge is 0.550 e. The lowest BCUT2D eigenvalue weighted by Gasteiger charge is -2.14. The molecule has 0 bridgehead atoms. The van der Waals surface area contributed by atoms with E-state index >= 15 is 0 Å². The molecule has 0 fully saturated rings. The maximum atomic E-state index is 10.7. The van der Waals surface area contributed by atoms with E-state index < -0.39 is 5.97 Å². The van der Waals surface area contributed by atoms with Crippen molar-refractivity contribution in [1.82, 2.24) is 0 Å². The number of carboxylic acid groups (broad SMARTS) is 1. The summed E-state index contributed by atoms with van der Waals surface area (Å²) in [5.74, 6) is -0.315. The minimum atomic E-state index is -1.09. The van der Waals surface area contributed by atoms with Crippen molar-refractivity contribution >= 4 is 16.7 Å². The number of quaternary nitrogens is 1. The number of aliphatic carboxylic acids is 1. The predicted molar refractivity (Wildman–Crippen MR) is 65.8 cm³/mol. The van der Waals surface area contributed by atoms with Crippen LogP contribution >= 0.6 is 0 Å². The zero-order valence-corrected chi connectivity index (χ0v) is 10.2. The van der Waals surface area contributed by atoms with Crippen LogP contribution in [0.3, 0.4) is 0 Å². The van der Waals surface area contributed by atoms with Crippen molar-refractivity contribution in [3.63, 3.8) is 0 Å². The molecule has 0 spiro atoms. The predicted octanol–water partition coefficient (Wildman–Crippen LogP) is 0.271. The molecule has 2 aromatic carbocycles. The molecule has 0 radical (unpaired) electrons. The van der Waals surface area contributed by atoms with Gasteiger partial charge in [0.25, 0.3) is 0 Å². The Kier molecular flexibility index (Phi) is 3.48. The van der Waals surface area contributed by atoms with E-state index in [0.717, 1.165) is 22.1 Å². The van der Waals surface area contributed by atoms with Crippen LogP contribution in [-0.4, -0.2) is 13.1 Å². The monoisotopic (exact) mass is 245 g/mol. The number of rotatable bonds is 4. The molecule has 0 heterocycles. The Balaban J connectivity index is 2.55. The average molecular weight is 245 g/mol. The van der Waals surface area contributed by atoms with Crippen molar-refractivity contribution < 1.29 is 20.4 Å². The van der Waals surface area contributed by atoms with Gasteiger partial charge < -0.3 is 20.4 Å². The number of ether oxygens (including phenoxy) is 1. The molecule has 4 heteroatoms. The van der Waals surface area contributed by atoms with Crippen molar-refractivity contribution in [1.29, 1.82) is 0 Å². The second-order valence-electron chi connectivity index (χ2n) is 4.18. The van der Waals surface area contributed by atoms with E-state index in [0.29, 0.717) is 0 Å². The fraction of sp³-hybridized carbons (Fsp3) is 0.214. The number of carbonyl (C=O) groups is 1. The molecule has 2 aromatic rings. The zero-order chi connectivity index (χ0) is 13.1. The van der Waals surface area contributed by atoms with Gasteiger partial charge >= 0.3 is 0 Å². The zero-order valence-electron chi connectivity index (χ0n) is 10.2. The molecule has 0 amide bonds. The average Bonchev–Trinajstić information content (AvgIpc) is 2.36. The first kappa shape index (κ1) is 12.4. The van der Waals surface area contributed by atoms with Crippen LogP contribution in [0.4, 0.5) is 0 Å². The van der Waals surface area contributed by atoms with Crippen LogP contribution in [0.2, 0.25) is 0 Å². The van der Waals surface area contributed by atoms with Gasteiger partial charge in [-0.25, -0.2) is 0 Å². The molecule has 4 nitrogen and oxygen atoms in total. The second-order valence-corrected chi connectivity index (χ2v) is 4.18. The summed E-state index contributed by atoms with van der Waals surface area (Å²) >= 11 is 0. The fourth-order valence-corrected chi connectivity index (χ4v) is 2.14. The highest BCUT2D eigenvalue weighted by Gasteiger charge is 2.15. The number of methoxy groups -OCH3 is 1.